The molecular formula is C12H17FO2S. The summed E-state index contributed by atoms with van der Waals surface area (Å²) in [5.41, 5.74) is 0.630. The quantitative estimate of drug-likeness (QED) is 0.780. The number of benzene rings is 1. The summed E-state index contributed by atoms with van der Waals surface area (Å²) in [5, 5.41) is 9.49. The monoisotopic (exact) mass is 244 g/mol. The van der Waals surface area contributed by atoms with Gasteiger partial charge in [-0.25, -0.2) is 4.39 Å². The summed E-state index contributed by atoms with van der Waals surface area (Å²) in [4.78, 5) is 0. The van der Waals surface area contributed by atoms with E-state index in [1.807, 2.05) is 6.26 Å². The zero-order chi connectivity index (χ0) is 12.0. The third-order valence-corrected chi connectivity index (χ3v) is 2.87. The number of aliphatic hydroxyl groups excluding tert-OH is 1. The first-order valence-electron chi connectivity index (χ1n) is 5.24. The van der Waals surface area contributed by atoms with Crippen LogP contribution in [0.3, 0.4) is 0 Å². The minimum Gasteiger partial charge on any atom is -0.493 e. The molecule has 1 aromatic rings. The Labute approximate surface area is 99.8 Å². The molecule has 2 nitrogen and oxygen atoms in total. The van der Waals surface area contributed by atoms with Crippen LogP contribution in [0.25, 0.3) is 0 Å². The molecule has 0 saturated carbocycles. The van der Waals surface area contributed by atoms with Gasteiger partial charge in [-0.2, -0.15) is 11.8 Å². The highest BCUT2D eigenvalue weighted by Gasteiger charge is 2.10. The first-order chi connectivity index (χ1) is 7.65. The number of ether oxygens (including phenoxy) is 1. The lowest BCUT2D eigenvalue weighted by Gasteiger charge is -2.13. The number of thioether (sulfide) groups is 1. The Morgan fingerprint density at radius 1 is 1.50 bits per heavy atom. The summed E-state index contributed by atoms with van der Waals surface area (Å²) in [7, 11) is 0. The number of halogens is 1. The van der Waals surface area contributed by atoms with E-state index in [1.165, 1.54) is 12.1 Å². The predicted molar refractivity (Wildman–Crippen MR) is 65.5 cm³/mol. The lowest BCUT2D eigenvalue weighted by molar-refractivity contribution is 0.191. The van der Waals surface area contributed by atoms with Gasteiger partial charge in [-0.15, -0.1) is 0 Å². The normalized spacial score (nSPS) is 12.5. The standard InChI is InChI=1S/C12H17FO2S/c1-9(14)11-5-4-10(13)8-12(11)15-6-3-7-16-2/h4-5,8-9,14H,3,6-7H2,1-2H3/t9-/m1/s1. The molecule has 0 saturated heterocycles. The van der Waals surface area contributed by atoms with Gasteiger partial charge in [0, 0.05) is 11.6 Å². The SMILES string of the molecule is CSCCCOc1cc(F)ccc1[C@@H](C)O. The number of aliphatic hydroxyl groups is 1. The third kappa shape index (κ3) is 4.02. The van der Waals surface area contributed by atoms with E-state index < -0.39 is 6.10 Å². The van der Waals surface area contributed by atoms with E-state index in [1.54, 1.807) is 24.8 Å². The van der Waals surface area contributed by atoms with Crippen molar-refractivity contribution in [3.63, 3.8) is 0 Å². The van der Waals surface area contributed by atoms with Crippen molar-refractivity contribution in [3.05, 3.63) is 29.6 Å². The predicted octanol–water partition coefficient (Wildman–Crippen LogP) is 3.01. The lowest BCUT2D eigenvalue weighted by atomic mass is 10.1. The summed E-state index contributed by atoms with van der Waals surface area (Å²) in [5.74, 6) is 1.11. The highest BCUT2D eigenvalue weighted by atomic mass is 32.2. The van der Waals surface area contributed by atoms with E-state index in [-0.39, 0.29) is 5.82 Å². The highest BCUT2D eigenvalue weighted by Crippen LogP contribution is 2.26. The van der Waals surface area contributed by atoms with Crippen molar-refractivity contribution in [2.75, 3.05) is 18.6 Å². The zero-order valence-corrected chi connectivity index (χ0v) is 10.4. The number of rotatable bonds is 6. The number of hydrogen-bond acceptors (Lipinski definition) is 3. The second kappa shape index (κ2) is 6.76. The smallest absolute Gasteiger partial charge is 0.127 e. The maximum absolute atomic E-state index is 13.0. The third-order valence-electron chi connectivity index (χ3n) is 2.18. The minimum atomic E-state index is -0.642. The molecule has 1 atom stereocenters. The van der Waals surface area contributed by atoms with E-state index in [0.717, 1.165) is 12.2 Å². The number of hydrogen-bond donors (Lipinski definition) is 1. The van der Waals surface area contributed by atoms with E-state index in [0.29, 0.717) is 17.9 Å². The van der Waals surface area contributed by atoms with Crippen LogP contribution in [0.5, 0.6) is 5.75 Å². The van der Waals surface area contributed by atoms with Crippen molar-refractivity contribution >= 4 is 11.8 Å². The summed E-state index contributed by atoms with van der Waals surface area (Å²) >= 11 is 1.75. The summed E-state index contributed by atoms with van der Waals surface area (Å²) < 4.78 is 18.5. The average molecular weight is 244 g/mol. The van der Waals surface area contributed by atoms with Gasteiger partial charge in [0.15, 0.2) is 0 Å². The molecule has 4 heteroatoms. The highest BCUT2D eigenvalue weighted by molar-refractivity contribution is 7.98. The molecule has 0 aliphatic heterocycles. The van der Waals surface area contributed by atoms with Gasteiger partial charge in [-0.1, -0.05) is 0 Å². The molecule has 16 heavy (non-hydrogen) atoms. The molecule has 1 N–H and O–H groups in total. The van der Waals surface area contributed by atoms with Crippen LogP contribution in [-0.2, 0) is 0 Å². The second-order valence-electron chi connectivity index (χ2n) is 3.55. The van der Waals surface area contributed by atoms with Crippen LogP contribution < -0.4 is 4.74 Å². The Morgan fingerprint density at radius 3 is 2.88 bits per heavy atom. The fourth-order valence-corrected chi connectivity index (χ4v) is 1.77. The summed E-state index contributed by atoms with van der Waals surface area (Å²) in [6.45, 7) is 2.19. The fourth-order valence-electron chi connectivity index (χ4n) is 1.36. The van der Waals surface area contributed by atoms with Crippen LogP contribution in [0.2, 0.25) is 0 Å². The lowest BCUT2D eigenvalue weighted by Crippen LogP contribution is -2.03. The molecule has 0 aliphatic carbocycles. The molecule has 0 unspecified atom stereocenters. The maximum atomic E-state index is 13.0. The van der Waals surface area contributed by atoms with Crippen LogP contribution in [0.15, 0.2) is 18.2 Å². The maximum Gasteiger partial charge on any atom is 0.127 e. The Bertz CT molecular complexity index is 329. The van der Waals surface area contributed by atoms with Gasteiger partial charge in [0.05, 0.1) is 12.7 Å². The van der Waals surface area contributed by atoms with Gasteiger partial charge >= 0.3 is 0 Å². The second-order valence-corrected chi connectivity index (χ2v) is 4.54. The van der Waals surface area contributed by atoms with Crippen molar-refractivity contribution in [3.8, 4) is 5.75 Å². The van der Waals surface area contributed by atoms with Gasteiger partial charge in [-0.05, 0) is 37.5 Å². The summed E-state index contributed by atoms with van der Waals surface area (Å²) in [6.07, 6.45) is 2.30. The van der Waals surface area contributed by atoms with Crippen LogP contribution in [0.1, 0.15) is 25.0 Å². The van der Waals surface area contributed by atoms with Gasteiger partial charge in [0.1, 0.15) is 11.6 Å². The van der Waals surface area contributed by atoms with E-state index >= 15 is 0 Å². The van der Waals surface area contributed by atoms with E-state index in [2.05, 4.69) is 0 Å². The Kier molecular flexibility index (Phi) is 5.63. The van der Waals surface area contributed by atoms with Crippen molar-refractivity contribution in [2.24, 2.45) is 0 Å². The van der Waals surface area contributed by atoms with Crippen LogP contribution >= 0.6 is 11.8 Å². The largest absolute Gasteiger partial charge is 0.493 e. The van der Waals surface area contributed by atoms with Crippen LogP contribution in [0, 0.1) is 5.82 Å². The molecule has 0 bridgehead atoms. The van der Waals surface area contributed by atoms with Crippen molar-refractivity contribution < 1.29 is 14.2 Å². The Balaban J connectivity index is 2.65. The van der Waals surface area contributed by atoms with Gasteiger partial charge in [0.2, 0.25) is 0 Å². The van der Waals surface area contributed by atoms with E-state index in [4.69, 9.17) is 4.74 Å². The molecule has 0 aliphatic rings. The Hall–Kier alpha value is -0.740. The molecule has 0 heterocycles. The van der Waals surface area contributed by atoms with Crippen molar-refractivity contribution in [1.82, 2.24) is 0 Å². The van der Waals surface area contributed by atoms with Crippen molar-refractivity contribution in [1.29, 1.82) is 0 Å². The molecule has 90 valence electrons. The Morgan fingerprint density at radius 2 is 2.25 bits per heavy atom. The van der Waals surface area contributed by atoms with Gasteiger partial charge < -0.3 is 9.84 Å². The molecular weight excluding hydrogens is 227 g/mol. The fraction of sp³-hybridized carbons (Fsp3) is 0.500. The first kappa shape index (κ1) is 13.3. The van der Waals surface area contributed by atoms with Crippen molar-refractivity contribution in [2.45, 2.75) is 19.4 Å². The topological polar surface area (TPSA) is 29.5 Å². The zero-order valence-electron chi connectivity index (χ0n) is 9.57. The first-order valence-corrected chi connectivity index (χ1v) is 6.63. The molecule has 0 radical (unpaired) electrons. The molecule has 0 spiro atoms. The van der Waals surface area contributed by atoms with Crippen LogP contribution in [0.4, 0.5) is 4.39 Å². The molecule has 0 amide bonds. The molecule has 1 aromatic carbocycles. The summed E-state index contributed by atoms with van der Waals surface area (Å²) in [6, 6.07) is 4.21. The van der Waals surface area contributed by atoms with E-state index in [9.17, 15) is 9.50 Å². The van der Waals surface area contributed by atoms with Crippen LogP contribution in [-0.4, -0.2) is 23.7 Å². The minimum absolute atomic E-state index is 0.343. The van der Waals surface area contributed by atoms with Gasteiger partial charge in [-0.3, -0.25) is 0 Å². The molecule has 0 aromatic heterocycles. The average Bonchev–Trinajstić information content (AvgIpc) is 2.24. The van der Waals surface area contributed by atoms with Gasteiger partial charge in [0.25, 0.3) is 0 Å². The molecule has 1 rings (SSSR count). The molecule has 0 fully saturated rings.